The van der Waals surface area contributed by atoms with E-state index in [-0.39, 0.29) is 12.1 Å². The fraction of sp³-hybridized carbons (Fsp3) is 0.524. The Morgan fingerprint density at radius 1 is 1.17 bits per heavy atom. The molecule has 5 rings (SSSR count). The van der Waals surface area contributed by atoms with E-state index in [9.17, 15) is 0 Å². The summed E-state index contributed by atoms with van der Waals surface area (Å²) >= 11 is 1.68. The van der Waals surface area contributed by atoms with Gasteiger partial charge in [-0.2, -0.15) is 11.3 Å². The van der Waals surface area contributed by atoms with E-state index in [1.807, 2.05) is 31.8 Å². The van der Waals surface area contributed by atoms with Gasteiger partial charge >= 0.3 is 0 Å². The van der Waals surface area contributed by atoms with Crippen LogP contribution in [0.4, 0.5) is 5.82 Å². The molecule has 0 amide bonds. The number of aryl methyl sites for hydroxylation is 2. The summed E-state index contributed by atoms with van der Waals surface area (Å²) in [7, 11) is 1.82. The lowest BCUT2D eigenvalue weighted by Crippen LogP contribution is -2.37. The number of aromatic nitrogens is 5. The summed E-state index contributed by atoms with van der Waals surface area (Å²) in [5, 5.41) is 13.1. The SMILES string of the molecule is CO[C@@H]1C[C@H]2CN(c3nc(C)cnc3C)C[C@H]2C[C@H]1n1cc(-c2ccsc2)nn1. The predicted molar refractivity (Wildman–Crippen MR) is 113 cm³/mol. The highest BCUT2D eigenvalue weighted by atomic mass is 32.1. The average molecular weight is 411 g/mol. The molecule has 4 heterocycles. The van der Waals surface area contributed by atoms with Gasteiger partial charge < -0.3 is 9.64 Å². The molecule has 3 aromatic heterocycles. The van der Waals surface area contributed by atoms with Gasteiger partial charge in [-0.3, -0.25) is 4.98 Å². The molecular weight excluding hydrogens is 384 g/mol. The van der Waals surface area contributed by atoms with Crippen LogP contribution in [0.25, 0.3) is 11.3 Å². The van der Waals surface area contributed by atoms with E-state index < -0.39 is 0 Å². The number of thiophene rings is 1. The number of hydrogen-bond donors (Lipinski definition) is 0. The van der Waals surface area contributed by atoms with Crippen LogP contribution >= 0.6 is 11.3 Å². The lowest BCUT2D eigenvalue weighted by Gasteiger charge is -2.36. The summed E-state index contributed by atoms with van der Waals surface area (Å²) in [6.45, 7) is 6.09. The van der Waals surface area contributed by atoms with Crippen molar-refractivity contribution in [2.45, 2.75) is 38.8 Å². The molecule has 2 aliphatic rings. The van der Waals surface area contributed by atoms with E-state index in [0.29, 0.717) is 11.8 Å². The number of fused-ring (bicyclic) bond motifs is 1. The maximum atomic E-state index is 5.92. The summed E-state index contributed by atoms with van der Waals surface area (Å²) in [5.41, 5.74) is 4.04. The molecular formula is C21H26N6OS. The van der Waals surface area contributed by atoms with Crippen molar-refractivity contribution in [1.82, 2.24) is 25.0 Å². The zero-order valence-electron chi connectivity index (χ0n) is 17.0. The smallest absolute Gasteiger partial charge is 0.150 e. The molecule has 0 radical (unpaired) electrons. The lowest BCUT2D eigenvalue weighted by molar-refractivity contribution is -0.00541. The fourth-order valence-electron chi connectivity index (χ4n) is 4.90. The Labute approximate surface area is 174 Å². The summed E-state index contributed by atoms with van der Waals surface area (Å²) in [6, 6.07) is 2.30. The highest BCUT2D eigenvalue weighted by Crippen LogP contribution is 2.43. The van der Waals surface area contributed by atoms with Gasteiger partial charge in [-0.1, -0.05) is 5.21 Å². The van der Waals surface area contributed by atoms with Crippen molar-refractivity contribution in [3.8, 4) is 11.3 Å². The standard InChI is InChI=1S/C21H26N6OS/c1-13-8-22-14(2)21(23-13)26-9-16-6-19(20(28-3)7-17(16)10-26)27-11-18(24-25-27)15-4-5-29-12-15/h4-5,8,11-12,16-17,19-20H,6-7,9-10H2,1-3H3/t16-,17+,19-,20-/m1/s1. The first kappa shape index (κ1) is 18.7. The van der Waals surface area contributed by atoms with E-state index in [0.717, 1.165) is 54.4 Å². The van der Waals surface area contributed by atoms with Gasteiger partial charge in [0.2, 0.25) is 0 Å². The second kappa shape index (κ2) is 7.50. The molecule has 1 saturated heterocycles. The Morgan fingerprint density at radius 3 is 2.76 bits per heavy atom. The molecule has 0 bridgehead atoms. The molecule has 8 heteroatoms. The third-order valence-corrected chi connectivity index (χ3v) is 7.09. The van der Waals surface area contributed by atoms with Gasteiger partial charge in [-0.05, 0) is 50.0 Å². The molecule has 152 valence electrons. The molecule has 0 unspecified atom stereocenters. The molecule has 29 heavy (non-hydrogen) atoms. The molecule has 2 fully saturated rings. The molecule has 0 spiro atoms. The van der Waals surface area contributed by atoms with Gasteiger partial charge in [0.1, 0.15) is 11.5 Å². The summed E-state index contributed by atoms with van der Waals surface area (Å²) in [6.07, 6.45) is 6.15. The van der Waals surface area contributed by atoms with Crippen LogP contribution in [0.5, 0.6) is 0 Å². The summed E-state index contributed by atoms with van der Waals surface area (Å²) < 4.78 is 7.94. The lowest BCUT2D eigenvalue weighted by atomic mass is 9.77. The minimum absolute atomic E-state index is 0.151. The zero-order valence-corrected chi connectivity index (χ0v) is 17.8. The van der Waals surface area contributed by atoms with Gasteiger partial charge in [-0.25, -0.2) is 9.67 Å². The van der Waals surface area contributed by atoms with E-state index in [2.05, 4.69) is 43.2 Å². The molecule has 1 aliphatic heterocycles. The second-order valence-electron chi connectivity index (χ2n) is 8.25. The van der Waals surface area contributed by atoms with Crippen LogP contribution in [-0.2, 0) is 4.74 Å². The second-order valence-corrected chi connectivity index (χ2v) is 9.03. The number of hydrogen-bond acceptors (Lipinski definition) is 7. The van der Waals surface area contributed by atoms with Crippen molar-refractivity contribution < 1.29 is 4.74 Å². The van der Waals surface area contributed by atoms with Crippen molar-refractivity contribution in [3.63, 3.8) is 0 Å². The van der Waals surface area contributed by atoms with Crippen molar-refractivity contribution >= 4 is 17.2 Å². The Kier molecular flexibility index (Phi) is 4.83. The Balaban J connectivity index is 1.37. The van der Waals surface area contributed by atoms with Crippen LogP contribution in [-0.4, -0.2) is 51.3 Å². The van der Waals surface area contributed by atoms with Crippen molar-refractivity contribution in [2.75, 3.05) is 25.1 Å². The topological polar surface area (TPSA) is 69.0 Å². The van der Waals surface area contributed by atoms with E-state index >= 15 is 0 Å². The largest absolute Gasteiger partial charge is 0.379 e. The van der Waals surface area contributed by atoms with Crippen LogP contribution in [0.2, 0.25) is 0 Å². The van der Waals surface area contributed by atoms with Gasteiger partial charge in [0.15, 0.2) is 0 Å². The van der Waals surface area contributed by atoms with Gasteiger partial charge in [0, 0.05) is 37.3 Å². The third kappa shape index (κ3) is 3.44. The molecule has 7 nitrogen and oxygen atoms in total. The summed E-state index contributed by atoms with van der Waals surface area (Å²) in [4.78, 5) is 11.7. The molecule has 0 N–H and O–H groups in total. The molecule has 1 aliphatic carbocycles. The maximum Gasteiger partial charge on any atom is 0.150 e. The molecule has 1 saturated carbocycles. The Morgan fingerprint density at radius 2 is 2.00 bits per heavy atom. The first-order valence-electron chi connectivity index (χ1n) is 10.1. The van der Waals surface area contributed by atoms with Gasteiger partial charge in [0.05, 0.1) is 29.7 Å². The predicted octanol–water partition coefficient (Wildman–Crippen LogP) is 3.52. The van der Waals surface area contributed by atoms with Gasteiger partial charge in [0.25, 0.3) is 0 Å². The van der Waals surface area contributed by atoms with Crippen molar-refractivity contribution in [3.05, 3.63) is 40.6 Å². The summed E-state index contributed by atoms with van der Waals surface area (Å²) in [5.74, 6) is 2.24. The number of nitrogens with zero attached hydrogens (tertiary/aromatic N) is 6. The quantitative estimate of drug-likeness (QED) is 0.656. The number of rotatable bonds is 4. The van der Waals surface area contributed by atoms with Crippen LogP contribution in [0.1, 0.15) is 30.3 Å². The zero-order chi connectivity index (χ0) is 20.0. The maximum absolute atomic E-state index is 5.92. The normalized spacial score (nSPS) is 26.7. The number of ether oxygens (including phenoxy) is 1. The van der Waals surface area contributed by atoms with Crippen molar-refractivity contribution in [2.24, 2.45) is 11.8 Å². The molecule has 3 aromatic rings. The number of methoxy groups -OCH3 is 1. The molecule has 4 atom stereocenters. The number of anilines is 1. The minimum atomic E-state index is 0.151. The van der Waals surface area contributed by atoms with Crippen LogP contribution in [0, 0.1) is 25.7 Å². The highest BCUT2D eigenvalue weighted by Gasteiger charge is 2.44. The monoisotopic (exact) mass is 410 g/mol. The minimum Gasteiger partial charge on any atom is -0.379 e. The van der Waals surface area contributed by atoms with E-state index in [1.54, 1.807) is 11.3 Å². The van der Waals surface area contributed by atoms with Crippen LogP contribution < -0.4 is 4.90 Å². The Hall–Kier alpha value is -2.32. The van der Waals surface area contributed by atoms with Crippen molar-refractivity contribution in [1.29, 1.82) is 0 Å². The molecule has 0 aromatic carbocycles. The highest BCUT2D eigenvalue weighted by molar-refractivity contribution is 7.08. The first-order valence-corrected chi connectivity index (χ1v) is 11.1. The van der Waals surface area contributed by atoms with Gasteiger partial charge in [-0.15, -0.1) is 5.10 Å². The van der Waals surface area contributed by atoms with Crippen LogP contribution in [0.3, 0.4) is 0 Å². The first-order chi connectivity index (χ1) is 14.1. The average Bonchev–Trinajstić information content (AvgIpc) is 3.47. The Bertz CT molecular complexity index is 987. The fourth-order valence-corrected chi connectivity index (χ4v) is 5.55. The van der Waals surface area contributed by atoms with E-state index in [4.69, 9.17) is 9.72 Å². The van der Waals surface area contributed by atoms with Crippen LogP contribution in [0.15, 0.2) is 29.2 Å². The third-order valence-electron chi connectivity index (χ3n) is 6.41. The van der Waals surface area contributed by atoms with E-state index in [1.165, 1.54) is 0 Å².